The van der Waals surface area contributed by atoms with E-state index in [2.05, 4.69) is 16.9 Å². The second-order valence-electron chi connectivity index (χ2n) is 6.70. The fraction of sp³-hybridized carbons (Fsp3) is 0.556. The molecule has 3 atom stereocenters. The van der Waals surface area contributed by atoms with Gasteiger partial charge in [-0.3, -0.25) is 20.2 Å². The van der Waals surface area contributed by atoms with Crippen molar-refractivity contribution in [3.05, 3.63) is 23.9 Å². The molecular weight excluding hydrogens is 318 g/mol. The fourth-order valence-electron chi connectivity index (χ4n) is 4.02. The number of nitrogens with one attached hydrogen (secondary N) is 3. The highest BCUT2D eigenvalue weighted by Gasteiger charge is 2.37. The second-order valence-corrected chi connectivity index (χ2v) is 6.70. The minimum absolute atomic E-state index is 0.0408. The Labute approximate surface area is 146 Å². The van der Waals surface area contributed by atoms with Gasteiger partial charge in [0.05, 0.1) is 18.3 Å². The molecule has 3 rings (SSSR count). The number of carbonyl (C=O) groups excluding carboxylic acids is 1. The highest BCUT2D eigenvalue weighted by molar-refractivity contribution is 5.91. The highest BCUT2D eigenvalue weighted by Crippen LogP contribution is 2.41. The summed E-state index contributed by atoms with van der Waals surface area (Å²) in [6.45, 7) is 4.35. The maximum Gasteiger partial charge on any atom is 0.306 e. The molecule has 0 aromatic carbocycles. The van der Waals surface area contributed by atoms with Gasteiger partial charge in [-0.1, -0.05) is 13.3 Å². The Kier molecular flexibility index (Phi) is 5.01. The molecule has 0 amide bonds. The number of hydrogen-bond donors (Lipinski definition) is 3. The zero-order valence-electron chi connectivity index (χ0n) is 14.7. The van der Waals surface area contributed by atoms with Crippen molar-refractivity contribution in [2.45, 2.75) is 39.5 Å². The maximum atomic E-state index is 11.8. The molecule has 0 saturated heterocycles. The average molecular weight is 343 g/mol. The number of carbonyl (C=O) groups is 1. The Morgan fingerprint density at radius 1 is 1.44 bits per heavy atom. The zero-order chi connectivity index (χ0) is 18.0. The highest BCUT2D eigenvalue weighted by atomic mass is 16.5. The van der Waals surface area contributed by atoms with Gasteiger partial charge in [0.15, 0.2) is 5.65 Å². The fourth-order valence-corrected chi connectivity index (χ4v) is 4.02. The Bertz CT molecular complexity index is 837. The van der Waals surface area contributed by atoms with E-state index in [1.165, 1.54) is 6.20 Å². The number of esters is 1. The first kappa shape index (κ1) is 17.4. The third kappa shape index (κ3) is 3.36. The van der Waals surface area contributed by atoms with Gasteiger partial charge in [0.1, 0.15) is 11.3 Å². The molecule has 25 heavy (non-hydrogen) atoms. The number of hydrogen-bond acceptors (Lipinski definition) is 5. The molecule has 0 unspecified atom stereocenters. The number of aromatic nitrogens is 3. The van der Waals surface area contributed by atoms with Gasteiger partial charge in [-0.25, -0.2) is 4.98 Å². The number of ether oxygens (including phenoxy) is 1. The van der Waals surface area contributed by atoms with Crippen LogP contribution in [-0.2, 0) is 9.53 Å². The van der Waals surface area contributed by atoms with Crippen LogP contribution < -0.4 is 5.49 Å². The largest absolute Gasteiger partial charge is 0.466 e. The monoisotopic (exact) mass is 343 g/mol. The minimum Gasteiger partial charge on any atom is -0.466 e. The van der Waals surface area contributed by atoms with Gasteiger partial charge in [-0.05, 0) is 37.7 Å². The summed E-state index contributed by atoms with van der Waals surface area (Å²) in [6, 6.07) is 1.85. The molecule has 0 spiro atoms. The van der Waals surface area contributed by atoms with Crippen LogP contribution >= 0.6 is 0 Å². The van der Waals surface area contributed by atoms with E-state index in [0.29, 0.717) is 30.4 Å². The van der Waals surface area contributed by atoms with Crippen LogP contribution in [-0.4, -0.2) is 32.9 Å². The van der Waals surface area contributed by atoms with E-state index in [1.54, 1.807) is 10.8 Å². The van der Waals surface area contributed by atoms with Gasteiger partial charge in [0.25, 0.3) is 0 Å². The van der Waals surface area contributed by atoms with Crippen molar-refractivity contribution in [2.24, 2.45) is 17.8 Å². The van der Waals surface area contributed by atoms with E-state index >= 15 is 0 Å². The molecule has 134 valence electrons. The molecule has 2 aromatic rings. The number of fused-ring (bicyclic) bond motifs is 1. The van der Waals surface area contributed by atoms with Crippen molar-refractivity contribution in [2.75, 3.05) is 6.61 Å². The Hall–Kier alpha value is -2.44. The van der Waals surface area contributed by atoms with Crippen LogP contribution in [0.3, 0.4) is 0 Å². The Morgan fingerprint density at radius 2 is 2.24 bits per heavy atom. The Balaban J connectivity index is 1.85. The summed E-state index contributed by atoms with van der Waals surface area (Å²) in [5.74, 6) is 0.906. The standard InChI is InChI=1S/C18H25N5O2/c1-3-12-7-11(9-16(24)25-4-2)8-13(12)17(20)23-14-5-6-21-18(14)22-10-15(23)19/h5-6,10-13,19-21H,3-4,7-9H2,1-2H3/t11-,12+,13-/m0/s1. The maximum absolute atomic E-state index is 11.8. The minimum atomic E-state index is -0.152. The molecule has 3 N–H and O–H groups in total. The lowest BCUT2D eigenvalue weighted by Gasteiger charge is -2.21. The normalized spacial score (nSPS) is 23.0. The number of H-pyrrole nitrogens is 1. The summed E-state index contributed by atoms with van der Waals surface area (Å²) in [5.41, 5.74) is 1.64. The van der Waals surface area contributed by atoms with E-state index in [4.69, 9.17) is 15.6 Å². The molecule has 0 bridgehead atoms. The topological polar surface area (TPSA) is 108 Å². The van der Waals surface area contributed by atoms with Gasteiger partial charge in [-0.15, -0.1) is 0 Å². The summed E-state index contributed by atoms with van der Waals surface area (Å²) in [5, 5.41) is 17.0. The lowest BCUT2D eigenvalue weighted by molar-refractivity contribution is -0.144. The van der Waals surface area contributed by atoms with Crippen molar-refractivity contribution in [1.82, 2.24) is 14.5 Å². The SMILES string of the molecule is CCOC(=O)C[C@H]1C[C@@H](CC)[C@@H](C(=N)n2c(=N)cnc3[nH]ccc32)C1. The molecule has 0 aliphatic heterocycles. The van der Waals surface area contributed by atoms with Crippen molar-refractivity contribution in [3.63, 3.8) is 0 Å². The van der Waals surface area contributed by atoms with Gasteiger partial charge in [0, 0.05) is 18.5 Å². The van der Waals surface area contributed by atoms with Gasteiger partial charge in [-0.2, -0.15) is 0 Å². The van der Waals surface area contributed by atoms with Gasteiger partial charge < -0.3 is 9.72 Å². The van der Waals surface area contributed by atoms with E-state index in [9.17, 15) is 4.79 Å². The molecule has 1 aliphatic rings. The number of nitrogens with zero attached hydrogens (tertiary/aromatic N) is 2. The smallest absolute Gasteiger partial charge is 0.306 e. The van der Waals surface area contributed by atoms with Crippen LogP contribution in [0.1, 0.15) is 39.5 Å². The Morgan fingerprint density at radius 3 is 2.96 bits per heavy atom. The average Bonchev–Trinajstić information content (AvgIpc) is 3.20. The van der Waals surface area contributed by atoms with Crippen molar-refractivity contribution in [1.29, 1.82) is 10.8 Å². The third-order valence-electron chi connectivity index (χ3n) is 5.17. The van der Waals surface area contributed by atoms with E-state index < -0.39 is 0 Å². The zero-order valence-corrected chi connectivity index (χ0v) is 14.7. The van der Waals surface area contributed by atoms with Crippen molar-refractivity contribution in [3.8, 4) is 0 Å². The summed E-state index contributed by atoms with van der Waals surface area (Å²) in [4.78, 5) is 19.0. The molecule has 0 radical (unpaired) electrons. The molecule has 1 aliphatic carbocycles. The molecule has 7 nitrogen and oxygen atoms in total. The summed E-state index contributed by atoms with van der Waals surface area (Å²) < 4.78 is 6.74. The summed E-state index contributed by atoms with van der Waals surface area (Å²) >= 11 is 0. The molecule has 2 aromatic heterocycles. The number of aromatic amines is 1. The lowest BCUT2D eigenvalue weighted by Crippen LogP contribution is -2.33. The first-order chi connectivity index (χ1) is 12.0. The summed E-state index contributed by atoms with van der Waals surface area (Å²) in [6.07, 6.45) is 6.34. The summed E-state index contributed by atoms with van der Waals surface area (Å²) in [7, 11) is 0. The van der Waals surface area contributed by atoms with Crippen molar-refractivity contribution < 1.29 is 9.53 Å². The van der Waals surface area contributed by atoms with Crippen LogP contribution in [0.4, 0.5) is 0 Å². The van der Waals surface area contributed by atoms with Crippen molar-refractivity contribution >= 4 is 23.0 Å². The van der Waals surface area contributed by atoms with E-state index in [1.807, 2.05) is 13.0 Å². The molecular formula is C18H25N5O2. The van der Waals surface area contributed by atoms with Gasteiger partial charge in [0.2, 0.25) is 0 Å². The predicted octanol–water partition coefficient (Wildman–Crippen LogP) is 2.67. The van der Waals surface area contributed by atoms with Crippen LogP contribution in [0.25, 0.3) is 11.2 Å². The molecule has 1 fully saturated rings. The molecule has 7 heteroatoms. The third-order valence-corrected chi connectivity index (χ3v) is 5.17. The second kappa shape index (κ2) is 7.21. The van der Waals surface area contributed by atoms with E-state index in [0.717, 1.165) is 24.8 Å². The van der Waals surface area contributed by atoms with Gasteiger partial charge >= 0.3 is 5.97 Å². The number of rotatable bonds is 5. The van der Waals surface area contributed by atoms with Crippen LogP contribution in [0, 0.1) is 28.6 Å². The first-order valence-corrected chi connectivity index (χ1v) is 8.89. The predicted molar refractivity (Wildman–Crippen MR) is 94.3 cm³/mol. The quantitative estimate of drug-likeness (QED) is 0.441. The van der Waals surface area contributed by atoms with Crippen LogP contribution in [0.2, 0.25) is 0 Å². The first-order valence-electron chi connectivity index (χ1n) is 8.89. The lowest BCUT2D eigenvalue weighted by atomic mass is 9.92. The van der Waals surface area contributed by atoms with E-state index in [-0.39, 0.29) is 23.3 Å². The molecule has 1 saturated carbocycles. The van der Waals surface area contributed by atoms with Crippen LogP contribution in [0.5, 0.6) is 0 Å². The van der Waals surface area contributed by atoms with Crippen LogP contribution in [0.15, 0.2) is 18.5 Å². The molecule has 2 heterocycles.